The fraction of sp³-hybridized carbons (Fsp3) is 1.00. The van der Waals surface area contributed by atoms with Gasteiger partial charge < -0.3 is 5.32 Å². The quantitative estimate of drug-likeness (QED) is 0.260. The maximum Gasteiger partial charge on any atom is -0.00463 e. The molecule has 0 amide bonds. The molecule has 0 fully saturated rings. The summed E-state index contributed by atoms with van der Waals surface area (Å²) in [7, 11) is 0. The molecular formula is C22H47N. The van der Waals surface area contributed by atoms with Crippen LogP contribution in [-0.4, -0.2) is 13.1 Å². The van der Waals surface area contributed by atoms with Crippen molar-refractivity contribution >= 4 is 0 Å². The summed E-state index contributed by atoms with van der Waals surface area (Å²) in [6.45, 7) is 11.8. The second-order valence-corrected chi connectivity index (χ2v) is 7.63. The summed E-state index contributed by atoms with van der Waals surface area (Å²) < 4.78 is 0. The molecule has 0 aromatic carbocycles. The van der Waals surface area contributed by atoms with Crippen LogP contribution < -0.4 is 5.32 Å². The predicted octanol–water partition coefficient (Wildman–Crippen LogP) is 7.35. The van der Waals surface area contributed by atoms with Gasteiger partial charge in [-0.1, -0.05) is 105 Å². The summed E-state index contributed by atoms with van der Waals surface area (Å²) in [6, 6.07) is 0. The molecule has 1 nitrogen and oxygen atoms in total. The Bertz CT molecular complexity index is 192. The second kappa shape index (κ2) is 18.3. The number of hydrogen-bond donors (Lipinski definition) is 1. The predicted molar refractivity (Wildman–Crippen MR) is 107 cm³/mol. The molecule has 1 N–H and O–H groups in total. The van der Waals surface area contributed by atoms with Crippen molar-refractivity contribution in [3.8, 4) is 0 Å². The zero-order valence-corrected chi connectivity index (χ0v) is 17.0. The van der Waals surface area contributed by atoms with Crippen molar-refractivity contribution in [2.24, 2.45) is 11.8 Å². The number of unbranched alkanes of at least 4 members (excludes halogenated alkanes) is 4. The molecule has 0 rings (SSSR count). The minimum atomic E-state index is 0.968. The lowest BCUT2D eigenvalue weighted by Gasteiger charge is -2.18. The van der Waals surface area contributed by atoms with Crippen LogP contribution in [0.25, 0.3) is 0 Å². The number of hydrogen-bond acceptors (Lipinski definition) is 1. The molecule has 0 spiro atoms. The molecule has 140 valence electrons. The van der Waals surface area contributed by atoms with E-state index in [0.717, 1.165) is 11.8 Å². The lowest BCUT2D eigenvalue weighted by Crippen LogP contribution is -2.21. The van der Waals surface area contributed by atoms with Gasteiger partial charge in [0, 0.05) is 0 Å². The molecule has 1 heteroatoms. The average Bonchev–Trinajstić information content (AvgIpc) is 2.54. The van der Waals surface area contributed by atoms with E-state index in [2.05, 4.69) is 33.0 Å². The Morgan fingerprint density at radius 1 is 0.478 bits per heavy atom. The molecule has 0 aliphatic carbocycles. The van der Waals surface area contributed by atoms with E-state index in [9.17, 15) is 0 Å². The largest absolute Gasteiger partial charge is 0.317 e. The van der Waals surface area contributed by atoms with Crippen LogP contribution in [0.15, 0.2) is 0 Å². The number of rotatable bonds is 18. The summed E-state index contributed by atoms with van der Waals surface area (Å²) in [4.78, 5) is 0. The van der Waals surface area contributed by atoms with Crippen molar-refractivity contribution < 1.29 is 0 Å². The van der Waals surface area contributed by atoms with E-state index in [1.54, 1.807) is 0 Å². The molecule has 0 aromatic heterocycles. The van der Waals surface area contributed by atoms with Gasteiger partial charge in [0.25, 0.3) is 0 Å². The Morgan fingerprint density at radius 2 is 0.913 bits per heavy atom. The van der Waals surface area contributed by atoms with Crippen LogP contribution in [0, 0.1) is 11.8 Å². The Balaban J connectivity index is 3.74. The smallest absolute Gasteiger partial charge is 0.00463 e. The van der Waals surface area contributed by atoms with Crippen LogP contribution in [-0.2, 0) is 0 Å². The van der Waals surface area contributed by atoms with Gasteiger partial charge in [0.1, 0.15) is 0 Å². The van der Waals surface area contributed by atoms with Crippen LogP contribution in [0.3, 0.4) is 0 Å². The molecule has 0 radical (unpaired) electrons. The zero-order valence-electron chi connectivity index (χ0n) is 17.0. The number of nitrogens with one attached hydrogen (secondary N) is 1. The van der Waals surface area contributed by atoms with Crippen LogP contribution in [0.5, 0.6) is 0 Å². The third kappa shape index (κ3) is 15.2. The molecule has 0 aliphatic heterocycles. The van der Waals surface area contributed by atoms with Crippen molar-refractivity contribution in [1.82, 2.24) is 5.32 Å². The van der Waals surface area contributed by atoms with Crippen molar-refractivity contribution in [3.05, 3.63) is 0 Å². The first-order valence-electron chi connectivity index (χ1n) is 11.0. The van der Waals surface area contributed by atoms with Crippen LogP contribution in [0.2, 0.25) is 0 Å². The highest BCUT2D eigenvalue weighted by Gasteiger charge is 2.09. The van der Waals surface area contributed by atoms with Crippen molar-refractivity contribution in [3.63, 3.8) is 0 Å². The first-order valence-corrected chi connectivity index (χ1v) is 11.0. The van der Waals surface area contributed by atoms with Gasteiger partial charge in [-0.05, 0) is 37.8 Å². The molecule has 0 saturated heterocycles. The van der Waals surface area contributed by atoms with E-state index >= 15 is 0 Å². The van der Waals surface area contributed by atoms with Gasteiger partial charge in [-0.3, -0.25) is 0 Å². The molecule has 2 atom stereocenters. The van der Waals surface area contributed by atoms with Gasteiger partial charge in [0.05, 0.1) is 0 Å². The van der Waals surface area contributed by atoms with E-state index in [0.29, 0.717) is 0 Å². The van der Waals surface area contributed by atoms with Gasteiger partial charge >= 0.3 is 0 Å². The minimum Gasteiger partial charge on any atom is -0.317 e. The van der Waals surface area contributed by atoms with Crippen molar-refractivity contribution in [2.45, 2.75) is 118 Å². The van der Waals surface area contributed by atoms with E-state index in [1.165, 1.54) is 103 Å². The maximum absolute atomic E-state index is 3.74. The molecule has 0 aliphatic rings. The SMILES string of the molecule is CCCCCC(CCC)CCNCCC(CCC)CCCCC. The van der Waals surface area contributed by atoms with Crippen molar-refractivity contribution in [2.75, 3.05) is 13.1 Å². The van der Waals surface area contributed by atoms with Crippen LogP contribution in [0.1, 0.15) is 118 Å². The fourth-order valence-electron chi connectivity index (χ4n) is 3.79. The fourth-order valence-corrected chi connectivity index (χ4v) is 3.79. The molecule has 2 unspecified atom stereocenters. The molecular weight excluding hydrogens is 278 g/mol. The van der Waals surface area contributed by atoms with E-state index < -0.39 is 0 Å². The van der Waals surface area contributed by atoms with Crippen molar-refractivity contribution in [1.29, 1.82) is 0 Å². The highest BCUT2D eigenvalue weighted by Crippen LogP contribution is 2.20. The third-order valence-corrected chi connectivity index (χ3v) is 5.28. The summed E-state index contributed by atoms with van der Waals surface area (Å²) in [5.74, 6) is 1.94. The first kappa shape index (κ1) is 23.0. The molecule has 0 saturated carbocycles. The van der Waals surface area contributed by atoms with Gasteiger partial charge in [-0.25, -0.2) is 0 Å². The topological polar surface area (TPSA) is 12.0 Å². The van der Waals surface area contributed by atoms with Gasteiger partial charge in [0.2, 0.25) is 0 Å². The van der Waals surface area contributed by atoms with Crippen LogP contribution >= 0.6 is 0 Å². The molecule has 0 bridgehead atoms. The summed E-state index contributed by atoms with van der Waals surface area (Å²) >= 11 is 0. The van der Waals surface area contributed by atoms with E-state index in [-0.39, 0.29) is 0 Å². The Kier molecular flexibility index (Phi) is 18.3. The molecule has 23 heavy (non-hydrogen) atoms. The highest BCUT2D eigenvalue weighted by atomic mass is 14.8. The normalized spacial score (nSPS) is 14.1. The summed E-state index contributed by atoms with van der Waals surface area (Å²) in [6.07, 6.45) is 19.7. The minimum absolute atomic E-state index is 0.968. The Labute approximate surface area is 148 Å². The second-order valence-electron chi connectivity index (χ2n) is 7.63. The summed E-state index contributed by atoms with van der Waals surface area (Å²) in [5.41, 5.74) is 0. The lowest BCUT2D eigenvalue weighted by molar-refractivity contribution is 0.366. The maximum atomic E-state index is 3.74. The lowest BCUT2D eigenvalue weighted by atomic mass is 9.92. The Hall–Kier alpha value is -0.0400. The van der Waals surface area contributed by atoms with Crippen LogP contribution in [0.4, 0.5) is 0 Å². The first-order chi connectivity index (χ1) is 11.3. The van der Waals surface area contributed by atoms with Gasteiger partial charge in [-0.15, -0.1) is 0 Å². The van der Waals surface area contributed by atoms with Gasteiger partial charge in [-0.2, -0.15) is 0 Å². The molecule has 0 heterocycles. The zero-order chi connectivity index (χ0) is 17.2. The molecule has 0 aromatic rings. The monoisotopic (exact) mass is 325 g/mol. The highest BCUT2D eigenvalue weighted by molar-refractivity contribution is 4.64. The van der Waals surface area contributed by atoms with Gasteiger partial charge in [0.15, 0.2) is 0 Å². The summed E-state index contributed by atoms with van der Waals surface area (Å²) in [5, 5.41) is 3.74. The van der Waals surface area contributed by atoms with E-state index in [1.807, 2.05) is 0 Å². The average molecular weight is 326 g/mol. The van der Waals surface area contributed by atoms with E-state index in [4.69, 9.17) is 0 Å². The Morgan fingerprint density at radius 3 is 1.26 bits per heavy atom. The third-order valence-electron chi connectivity index (χ3n) is 5.28. The standard InChI is InChI=1S/C22H47N/c1-5-9-11-15-21(13-7-3)17-19-23-20-18-22(14-8-4)16-12-10-6-2/h21-23H,5-20H2,1-4H3.